The number of benzene rings is 1. The van der Waals surface area contributed by atoms with Gasteiger partial charge in [0.2, 0.25) is 11.8 Å². The molecule has 1 saturated carbocycles. The highest BCUT2D eigenvalue weighted by atomic mass is 16.2. The number of hydrogen-bond acceptors (Lipinski definition) is 2. The Morgan fingerprint density at radius 1 is 1.30 bits per heavy atom. The molecule has 2 rings (SSSR count). The number of carbonyl (C=O) groups is 2. The van der Waals surface area contributed by atoms with Crippen LogP contribution in [0.5, 0.6) is 0 Å². The van der Waals surface area contributed by atoms with Crippen LogP contribution in [0.2, 0.25) is 0 Å². The van der Waals surface area contributed by atoms with E-state index in [4.69, 9.17) is 0 Å². The second-order valence-electron chi connectivity index (χ2n) is 5.56. The second kappa shape index (κ2) is 6.07. The number of carbonyl (C=O) groups excluding carboxylic acids is 2. The van der Waals surface area contributed by atoms with E-state index in [9.17, 15) is 9.59 Å². The van der Waals surface area contributed by atoms with Crippen LogP contribution in [0.25, 0.3) is 0 Å². The molecule has 0 aliphatic heterocycles. The van der Waals surface area contributed by atoms with E-state index in [0.29, 0.717) is 19.0 Å². The molecule has 4 nitrogen and oxygen atoms in total. The molecule has 1 N–H and O–H groups in total. The van der Waals surface area contributed by atoms with Crippen LogP contribution in [0.3, 0.4) is 0 Å². The lowest BCUT2D eigenvalue weighted by Gasteiger charge is -2.20. The minimum atomic E-state index is -0.0365. The molecular formula is C16H22N2O2. The first-order valence-corrected chi connectivity index (χ1v) is 7.11. The van der Waals surface area contributed by atoms with Crippen LogP contribution < -0.4 is 5.32 Å². The van der Waals surface area contributed by atoms with Crippen molar-refractivity contribution < 1.29 is 9.59 Å². The third-order valence-corrected chi connectivity index (χ3v) is 3.64. The molecule has 20 heavy (non-hydrogen) atoms. The fourth-order valence-electron chi connectivity index (χ4n) is 2.29. The quantitative estimate of drug-likeness (QED) is 0.897. The molecule has 0 bridgehead atoms. The summed E-state index contributed by atoms with van der Waals surface area (Å²) in [6.07, 6.45) is 2.49. The topological polar surface area (TPSA) is 49.4 Å². The molecule has 1 aliphatic carbocycles. The average molecular weight is 274 g/mol. The molecular weight excluding hydrogens is 252 g/mol. The Balaban J connectivity index is 1.88. The molecule has 0 spiro atoms. The number of nitrogens with one attached hydrogen (secondary N) is 1. The molecule has 1 aromatic carbocycles. The fourth-order valence-corrected chi connectivity index (χ4v) is 2.29. The zero-order valence-electron chi connectivity index (χ0n) is 12.4. The van der Waals surface area contributed by atoms with Gasteiger partial charge in [0, 0.05) is 31.6 Å². The van der Waals surface area contributed by atoms with Crippen LogP contribution in [-0.4, -0.2) is 29.3 Å². The zero-order chi connectivity index (χ0) is 14.7. The van der Waals surface area contributed by atoms with Gasteiger partial charge < -0.3 is 10.2 Å². The van der Waals surface area contributed by atoms with Crippen molar-refractivity contribution in [3.8, 4) is 0 Å². The van der Waals surface area contributed by atoms with Crippen molar-refractivity contribution in [3.63, 3.8) is 0 Å². The van der Waals surface area contributed by atoms with Crippen LogP contribution in [0.4, 0.5) is 5.69 Å². The summed E-state index contributed by atoms with van der Waals surface area (Å²) in [5.74, 6) is 0.0256. The standard InChI is InChI=1S/C16H22N2O2/c1-11-4-5-12(2)15(10-11)17-16(20)8-9-18(13(3)19)14-6-7-14/h4-5,10,14H,6-9H2,1-3H3,(H,17,20). The third kappa shape index (κ3) is 3.83. The predicted molar refractivity (Wildman–Crippen MR) is 79.6 cm³/mol. The first kappa shape index (κ1) is 14.6. The Kier molecular flexibility index (Phi) is 4.42. The summed E-state index contributed by atoms with van der Waals surface area (Å²) < 4.78 is 0. The van der Waals surface area contributed by atoms with Gasteiger partial charge in [-0.1, -0.05) is 12.1 Å². The maximum atomic E-state index is 12.0. The van der Waals surface area contributed by atoms with Crippen molar-refractivity contribution in [3.05, 3.63) is 29.3 Å². The molecule has 0 heterocycles. The van der Waals surface area contributed by atoms with Crippen LogP contribution in [0.15, 0.2) is 18.2 Å². The maximum absolute atomic E-state index is 12.0. The van der Waals surface area contributed by atoms with Crippen molar-refractivity contribution in [1.82, 2.24) is 4.90 Å². The molecule has 1 fully saturated rings. The number of aryl methyl sites for hydroxylation is 2. The molecule has 0 saturated heterocycles. The van der Waals surface area contributed by atoms with Crippen LogP contribution in [0, 0.1) is 13.8 Å². The molecule has 0 aromatic heterocycles. The average Bonchev–Trinajstić information content (AvgIpc) is 3.18. The highest BCUT2D eigenvalue weighted by Gasteiger charge is 2.30. The first-order chi connectivity index (χ1) is 9.47. The second-order valence-corrected chi connectivity index (χ2v) is 5.56. The number of amides is 2. The highest BCUT2D eigenvalue weighted by Crippen LogP contribution is 2.27. The molecule has 1 aromatic rings. The van der Waals surface area contributed by atoms with E-state index >= 15 is 0 Å². The van der Waals surface area contributed by atoms with E-state index in [-0.39, 0.29) is 11.8 Å². The van der Waals surface area contributed by atoms with E-state index in [1.807, 2.05) is 36.9 Å². The normalized spacial score (nSPS) is 13.9. The molecule has 4 heteroatoms. The number of rotatable bonds is 5. The summed E-state index contributed by atoms with van der Waals surface area (Å²) in [5.41, 5.74) is 3.03. The summed E-state index contributed by atoms with van der Waals surface area (Å²) >= 11 is 0. The van der Waals surface area contributed by atoms with Gasteiger partial charge in [0.05, 0.1) is 0 Å². The van der Waals surface area contributed by atoms with E-state index in [1.165, 1.54) is 0 Å². The van der Waals surface area contributed by atoms with Crippen molar-refractivity contribution in [1.29, 1.82) is 0 Å². The molecule has 0 unspecified atom stereocenters. The van der Waals surface area contributed by atoms with Crippen molar-refractivity contribution in [2.24, 2.45) is 0 Å². The summed E-state index contributed by atoms with van der Waals surface area (Å²) in [6, 6.07) is 6.35. The zero-order valence-corrected chi connectivity index (χ0v) is 12.4. The van der Waals surface area contributed by atoms with Gasteiger partial charge in [0.1, 0.15) is 0 Å². The Morgan fingerprint density at radius 3 is 2.60 bits per heavy atom. The van der Waals surface area contributed by atoms with E-state index in [1.54, 1.807) is 6.92 Å². The Morgan fingerprint density at radius 2 is 2.00 bits per heavy atom. The Labute approximate surface area is 120 Å². The van der Waals surface area contributed by atoms with Gasteiger partial charge in [-0.3, -0.25) is 9.59 Å². The molecule has 108 valence electrons. The van der Waals surface area contributed by atoms with Gasteiger partial charge in [-0.25, -0.2) is 0 Å². The van der Waals surface area contributed by atoms with Crippen LogP contribution in [-0.2, 0) is 9.59 Å². The summed E-state index contributed by atoms with van der Waals surface area (Å²) in [6.45, 7) is 6.05. The summed E-state index contributed by atoms with van der Waals surface area (Å²) in [5, 5.41) is 2.93. The number of hydrogen-bond donors (Lipinski definition) is 1. The third-order valence-electron chi connectivity index (χ3n) is 3.64. The van der Waals surface area contributed by atoms with Gasteiger partial charge in [-0.05, 0) is 43.9 Å². The van der Waals surface area contributed by atoms with Gasteiger partial charge in [0.15, 0.2) is 0 Å². The predicted octanol–water partition coefficient (Wildman–Crippen LogP) is 2.64. The Bertz CT molecular complexity index is 521. The van der Waals surface area contributed by atoms with E-state index < -0.39 is 0 Å². The minimum Gasteiger partial charge on any atom is -0.339 e. The summed E-state index contributed by atoms with van der Waals surface area (Å²) in [4.78, 5) is 25.3. The van der Waals surface area contributed by atoms with Crippen LogP contribution >= 0.6 is 0 Å². The molecule has 0 atom stereocenters. The van der Waals surface area contributed by atoms with E-state index in [0.717, 1.165) is 29.7 Å². The Hall–Kier alpha value is -1.84. The minimum absolute atomic E-state index is 0.0365. The van der Waals surface area contributed by atoms with Crippen molar-refractivity contribution >= 4 is 17.5 Å². The van der Waals surface area contributed by atoms with Crippen molar-refractivity contribution in [2.45, 2.75) is 46.1 Å². The van der Waals surface area contributed by atoms with Crippen molar-refractivity contribution in [2.75, 3.05) is 11.9 Å². The number of nitrogens with zero attached hydrogens (tertiary/aromatic N) is 1. The SMILES string of the molecule is CC(=O)N(CCC(=O)Nc1cc(C)ccc1C)C1CC1. The molecule has 2 amide bonds. The lowest BCUT2D eigenvalue weighted by molar-refractivity contribution is -0.129. The maximum Gasteiger partial charge on any atom is 0.226 e. The van der Waals surface area contributed by atoms with Gasteiger partial charge in [-0.15, -0.1) is 0 Å². The van der Waals surface area contributed by atoms with Gasteiger partial charge >= 0.3 is 0 Å². The number of anilines is 1. The lowest BCUT2D eigenvalue weighted by atomic mass is 10.1. The van der Waals surface area contributed by atoms with E-state index in [2.05, 4.69) is 5.32 Å². The highest BCUT2D eigenvalue weighted by molar-refractivity contribution is 5.92. The van der Waals surface area contributed by atoms with Gasteiger partial charge in [-0.2, -0.15) is 0 Å². The first-order valence-electron chi connectivity index (χ1n) is 7.11. The lowest BCUT2D eigenvalue weighted by Crippen LogP contribution is -2.33. The molecule has 1 aliphatic rings. The largest absolute Gasteiger partial charge is 0.339 e. The molecule has 0 radical (unpaired) electrons. The monoisotopic (exact) mass is 274 g/mol. The fraction of sp³-hybridized carbons (Fsp3) is 0.500. The smallest absolute Gasteiger partial charge is 0.226 e. The van der Waals surface area contributed by atoms with Crippen LogP contribution in [0.1, 0.15) is 37.3 Å². The van der Waals surface area contributed by atoms with Gasteiger partial charge in [0.25, 0.3) is 0 Å². The summed E-state index contributed by atoms with van der Waals surface area (Å²) in [7, 11) is 0.